The molecular formula is C14H23N3O2. The molecule has 1 aliphatic rings. The van der Waals surface area contributed by atoms with E-state index in [9.17, 15) is 0 Å². The molecule has 0 bridgehead atoms. The molecule has 1 N–H and O–H groups in total. The van der Waals surface area contributed by atoms with Gasteiger partial charge in [0.15, 0.2) is 5.82 Å². The number of nitrogens with zero attached hydrogens (tertiary/aromatic N) is 2. The van der Waals surface area contributed by atoms with Gasteiger partial charge in [0.05, 0.1) is 12.3 Å². The van der Waals surface area contributed by atoms with Crippen LogP contribution in [0.1, 0.15) is 36.2 Å². The lowest BCUT2D eigenvalue weighted by Crippen LogP contribution is -2.20. The highest BCUT2D eigenvalue weighted by Crippen LogP contribution is 2.41. The summed E-state index contributed by atoms with van der Waals surface area (Å²) < 4.78 is 10.6. The maximum absolute atomic E-state index is 5.55. The van der Waals surface area contributed by atoms with Crippen molar-refractivity contribution in [3.05, 3.63) is 23.3 Å². The van der Waals surface area contributed by atoms with Gasteiger partial charge in [-0.1, -0.05) is 0 Å². The van der Waals surface area contributed by atoms with E-state index in [1.165, 1.54) is 12.8 Å². The molecule has 1 aliphatic carbocycles. The van der Waals surface area contributed by atoms with Crippen molar-refractivity contribution in [2.45, 2.75) is 32.4 Å². The Hall–Kier alpha value is -1.04. The summed E-state index contributed by atoms with van der Waals surface area (Å²) in [6, 6.07) is 2.02. The molecular weight excluding hydrogens is 242 g/mol. The van der Waals surface area contributed by atoms with Crippen LogP contribution in [0.5, 0.6) is 0 Å². The second-order valence-electron chi connectivity index (χ2n) is 5.02. The second kappa shape index (κ2) is 6.93. The predicted molar refractivity (Wildman–Crippen MR) is 72.8 cm³/mol. The molecule has 1 fully saturated rings. The van der Waals surface area contributed by atoms with E-state index in [-0.39, 0.29) is 6.10 Å². The van der Waals surface area contributed by atoms with Gasteiger partial charge < -0.3 is 14.8 Å². The molecule has 1 aromatic rings. The van der Waals surface area contributed by atoms with Crippen LogP contribution in [-0.4, -0.2) is 37.3 Å². The van der Waals surface area contributed by atoms with Crippen molar-refractivity contribution in [3.8, 4) is 0 Å². The topological polar surface area (TPSA) is 56.3 Å². The van der Waals surface area contributed by atoms with E-state index in [1.54, 1.807) is 14.2 Å². The van der Waals surface area contributed by atoms with E-state index in [1.807, 2.05) is 13.0 Å². The quantitative estimate of drug-likeness (QED) is 0.724. The first-order valence-electron chi connectivity index (χ1n) is 6.81. The fourth-order valence-corrected chi connectivity index (χ4v) is 2.17. The van der Waals surface area contributed by atoms with E-state index < -0.39 is 0 Å². The van der Waals surface area contributed by atoms with Gasteiger partial charge in [0.1, 0.15) is 6.10 Å². The van der Waals surface area contributed by atoms with Crippen LogP contribution in [0.4, 0.5) is 0 Å². The van der Waals surface area contributed by atoms with Crippen LogP contribution in [0.15, 0.2) is 6.07 Å². The van der Waals surface area contributed by atoms with Gasteiger partial charge in [-0.15, -0.1) is 0 Å². The number of hydrogen-bond donors (Lipinski definition) is 1. The van der Waals surface area contributed by atoms with Gasteiger partial charge in [0, 0.05) is 33.0 Å². The summed E-state index contributed by atoms with van der Waals surface area (Å²) in [7, 11) is 3.44. The first kappa shape index (κ1) is 14.4. The van der Waals surface area contributed by atoms with Crippen LogP contribution in [0.25, 0.3) is 0 Å². The molecule has 5 heteroatoms. The van der Waals surface area contributed by atoms with Gasteiger partial charge in [0.25, 0.3) is 0 Å². The number of ether oxygens (including phenoxy) is 2. The third-order valence-corrected chi connectivity index (χ3v) is 3.27. The van der Waals surface area contributed by atoms with Crippen molar-refractivity contribution < 1.29 is 9.47 Å². The summed E-state index contributed by atoms with van der Waals surface area (Å²) in [5, 5.41) is 3.30. The molecule has 0 spiro atoms. The molecule has 106 valence electrons. The molecule has 0 amide bonds. The summed E-state index contributed by atoms with van der Waals surface area (Å²) in [6.45, 7) is 4.27. The molecule has 0 aromatic carbocycles. The Morgan fingerprint density at radius 1 is 1.37 bits per heavy atom. The van der Waals surface area contributed by atoms with E-state index in [0.717, 1.165) is 30.3 Å². The van der Waals surface area contributed by atoms with Crippen molar-refractivity contribution >= 4 is 0 Å². The lowest BCUT2D eigenvalue weighted by atomic mass is 10.2. The van der Waals surface area contributed by atoms with E-state index in [4.69, 9.17) is 9.47 Å². The first-order chi connectivity index (χ1) is 9.24. The second-order valence-corrected chi connectivity index (χ2v) is 5.02. The lowest BCUT2D eigenvalue weighted by Gasteiger charge is -2.15. The SMILES string of the molecule is COCCNCc1cc(C)nc(C(OC)C2CC2)n1. The monoisotopic (exact) mass is 265 g/mol. The van der Waals surface area contributed by atoms with E-state index in [2.05, 4.69) is 15.3 Å². The molecule has 0 radical (unpaired) electrons. The molecule has 1 atom stereocenters. The number of rotatable bonds is 8. The summed E-state index contributed by atoms with van der Waals surface area (Å²) >= 11 is 0. The van der Waals surface area contributed by atoms with Gasteiger partial charge in [-0.2, -0.15) is 0 Å². The van der Waals surface area contributed by atoms with E-state index >= 15 is 0 Å². The fraction of sp³-hybridized carbons (Fsp3) is 0.714. The minimum Gasteiger partial charge on any atom is -0.383 e. The highest BCUT2D eigenvalue weighted by atomic mass is 16.5. The van der Waals surface area contributed by atoms with Gasteiger partial charge in [0.2, 0.25) is 0 Å². The average molecular weight is 265 g/mol. The Balaban J connectivity index is 2.01. The highest BCUT2D eigenvalue weighted by Gasteiger charge is 2.34. The number of hydrogen-bond acceptors (Lipinski definition) is 5. The zero-order chi connectivity index (χ0) is 13.7. The molecule has 5 nitrogen and oxygen atoms in total. The van der Waals surface area contributed by atoms with Gasteiger partial charge >= 0.3 is 0 Å². The third-order valence-electron chi connectivity index (χ3n) is 3.27. The molecule has 1 unspecified atom stereocenters. The van der Waals surface area contributed by atoms with Crippen molar-refractivity contribution in [1.29, 1.82) is 0 Å². The smallest absolute Gasteiger partial charge is 0.157 e. The van der Waals surface area contributed by atoms with Crippen LogP contribution < -0.4 is 5.32 Å². The number of nitrogens with one attached hydrogen (secondary N) is 1. The zero-order valence-corrected chi connectivity index (χ0v) is 12.0. The van der Waals surface area contributed by atoms with Crippen LogP contribution in [0.2, 0.25) is 0 Å². The number of methoxy groups -OCH3 is 2. The Kier molecular flexibility index (Phi) is 5.24. The molecule has 1 aromatic heterocycles. The number of aromatic nitrogens is 2. The Morgan fingerprint density at radius 2 is 2.16 bits per heavy atom. The molecule has 0 aliphatic heterocycles. The van der Waals surface area contributed by atoms with Gasteiger partial charge in [-0.3, -0.25) is 0 Å². The third kappa shape index (κ3) is 4.23. The van der Waals surface area contributed by atoms with E-state index in [0.29, 0.717) is 12.5 Å². The molecule has 2 rings (SSSR count). The lowest BCUT2D eigenvalue weighted by molar-refractivity contribution is 0.0768. The predicted octanol–water partition coefficient (Wildman–Crippen LogP) is 1.62. The average Bonchev–Trinajstić information content (AvgIpc) is 3.20. The van der Waals surface area contributed by atoms with Crippen LogP contribution in [0.3, 0.4) is 0 Å². The molecule has 1 saturated carbocycles. The summed E-state index contributed by atoms with van der Waals surface area (Å²) in [5.41, 5.74) is 2.01. The maximum Gasteiger partial charge on any atom is 0.157 e. The molecule has 1 heterocycles. The van der Waals surface area contributed by atoms with Crippen LogP contribution in [0, 0.1) is 12.8 Å². The van der Waals surface area contributed by atoms with Gasteiger partial charge in [-0.05, 0) is 31.7 Å². The zero-order valence-electron chi connectivity index (χ0n) is 12.0. The van der Waals surface area contributed by atoms with Crippen LogP contribution >= 0.6 is 0 Å². The van der Waals surface area contributed by atoms with Crippen LogP contribution in [-0.2, 0) is 16.0 Å². The highest BCUT2D eigenvalue weighted by molar-refractivity contribution is 5.12. The largest absolute Gasteiger partial charge is 0.383 e. The Bertz CT molecular complexity index is 408. The summed E-state index contributed by atoms with van der Waals surface area (Å²) in [4.78, 5) is 9.15. The Labute approximate surface area is 114 Å². The van der Waals surface area contributed by atoms with Crippen molar-refractivity contribution in [2.75, 3.05) is 27.4 Å². The first-order valence-corrected chi connectivity index (χ1v) is 6.81. The van der Waals surface area contributed by atoms with Gasteiger partial charge in [-0.25, -0.2) is 9.97 Å². The van der Waals surface area contributed by atoms with Crippen molar-refractivity contribution in [3.63, 3.8) is 0 Å². The summed E-state index contributed by atoms with van der Waals surface area (Å²) in [6.07, 6.45) is 2.49. The Morgan fingerprint density at radius 3 is 2.79 bits per heavy atom. The minimum absolute atomic E-state index is 0.0534. The minimum atomic E-state index is 0.0534. The normalized spacial score (nSPS) is 16.6. The maximum atomic E-state index is 5.55. The number of aryl methyl sites for hydroxylation is 1. The summed E-state index contributed by atoms with van der Waals surface area (Å²) in [5.74, 6) is 1.43. The van der Waals surface area contributed by atoms with Crippen molar-refractivity contribution in [1.82, 2.24) is 15.3 Å². The van der Waals surface area contributed by atoms with Crippen molar-refractivity contribution in [2.24, 2.45) is 5.92 Å². The molecule has 0 saturated heterocycles. The standard InChI is InChI=1S/C14H23N3O2/c1-10-8-12(9-15-6-7-18-2)17-14(16-10)13(19-3)11-4-5-11/h8,11,13,15H,4-7,9H2,1-3H3. The molecule has 19 heavy (non-hydrogen) atoms. The fourth-order valence-electron chi connectivity index (χ4n) is 2.17.